The molecule has 32 heavy (non-hydrogen) atoms. The van der Waals surface area contributed by atoms with Crippen molar-refractivity contribution in [3.63, 3.8) is 0 Å². The maximum atomic E-state index is 12.7. The van der Waals surface area contributed by atoms with Gasteiger partial charge in [0.2, 0.25) is 16.0 Å². The Morgan fingerprint density at radius 1 is 1.47 bits per heavy atom. The van der Waals surface area contributed by atoms with E-state index in [0.29, 0.717) is 23.0 Å². The normalized spacial score (nSPS) is 23.7. The quantitative estimate of drug-likeness (QED) is 0.506. The molecular weight excluding hydrogens is 434 g/mol. The van der Waals surface area contributed by atoms with E-state index in [4.69, 9.17) is 20.1 Å². The second-order valence-electron chi connectivity index (χ2n) is 8.07. The number of carbonyl (C=O) groups excluding carboxylic acids is 1. The molecule has 0 unspecified atom stereocenters. The number of ether oxygens (including phenoxy) is 1. The number of methoxy groups -OCH3 is 1. The number of nitrogens with one attached hydrogen (secondary N) is 2. The molecule has 0 radical (unpaired) electrons. The number of anilines is 2. The van der Waals surface area contributed by atoms with Gasteiger partial charge in [0.25, 0.3) is 5.91 Å². The summed E-state index contributed by atoms with van der Waals surface area (Å²) in [5.74, 6) is -0.854. The van der Waals surface area contributed by atoms with Gasteiger partial charge < -0.3 is 20.2 Å². The van der Waals surface area contributed by atoms with Crippen molar-refractivity contribution in [1.29, 1.82) is 5.26 Å². The number of hydrogen-bond donors (Lipinski definition) is 3. The van der Waals surface area contributed by atoms with Gasteiger partial charge in [-0.1, -0.05) is 11.3 Å². The SMILES string of the molecule is COc1c(NC23CC(CC#N)(C2)C3)cc(C(=O)Nc2nnc(/N=C(C)/C=C\N)s2)oc1=O. The maximum absolute atomic E-state index is 12.7. The van der Waals surface area contributed by atoms with Crippen LogP contribution in [0.4, 0.5) is 16.0 Å². The zero-order chi connectivity index (χ0) is 22.9. The summed E-state index contributed by atoms with van der Waals surface area (Å²) in [6.07, 6.45) is 6.00. The summed E-state index contributed by atoms with van der Waals surface area (Å²) in [4.78, 5) is 29.3. The minimum atomic E-state index is -0.771. The average Bonchev–Trinajstić information content (AvgIpc) is 3.11. The third-order valence-electron chi connectivity index (χ3n) is 5.57. The van der Waals surface area contributed by atoms with Gasteiger partial charge in [-0.25, -0.2) is 9.79 Å². The van der Waals surface area contributed by atoms with Crippen LogP contribution in [-0.4, -0.2) is 34.5 Å². The Morgan fingerprint density at radius 3 is 2.88 bits per heavy atom. The summed E-state index contributed by atoms with van der Waals surface area (Å²) < 4.78 is 10.3. The molecule has 12 heteroatoms. The van der Waals surface area contributed by atoms with Crippen LogP contribution in [-0.2, 0) is 0 Å². The number of nitrogens with two attached hydrogens (primary N) is 1. The summed E-state index contributed by atoms with van der Waals surface area (Å²) in [5.41, 5.74) is 5.45. The fourth-order valence-corrected chi connectivity index (χ4v) is 5.12. The molecule has 2 heterocycles. The third-order valence-corrected chi connectivity index (χ3v) is 6.31. The molecule has 2 bridgehead atoms. The van der Waals surface area contributed by atoms with Crippen molar-refractivity contribution in [2.24, 2.45) is 16.1 Å². The van der Waals surface area contributed by atoms with E-state index in [0.717, 1.165) is 30.6 Å². The molecule has 1 amide bonds. The Balaban J connectivity index is 1.50. The molecule has 3 saturated carbocycles. The number of rotatable bonds is 8. The first-order chi connectivity index (χ1) is 15.3. The lowest BCUT2D eigenvalue weighted by Gasteiger charge is -2.70. The Labute approximate surface area is 187 Å². The Bertz CT molecular complexity index is 1200. The summed E-state index contributed by atoms with van der Waals surface area (Å²) in [6, 6.07) is 3.66. The molecule has 5 rings (SSSR count). The van der Waals surface area contributed by atoms with Crippen molar-refractivity contribution in [3.05, 3.63) is 34.5 Å². The first-order valence-corrected chi connectivity index (χ1v) is 10.6. The lowest BCUT2D eigenvalue weighted by Crippen LogP contribution is -2.70. The number of allylic oxidation sites excluding steroid dienone is 1. The van der Waals surface area contributed by atoms with Crippen molar-refractivity contribution < 1.29 is 13.9 Å². The first kappa shape index (κ1) is 21.5. The molecule has 2 aromatic heterocycles. The first-order valence-electron chi connectivity index (χ1n) is 9.77. The zero-order valence-corrected chi connectivity index (χ0v) is 18.3. The van der Waals surface area contributed by atoms with E-state index in [1.807, 2.05) is 0 Å². The Kier molecular flexibility index (Phi) is 5.43. The molecule has 3 aliphatic carbocycles. The predicted octanol–water partition coefficient (Wildman–Crippen LogP) is 2.57. The molecule has 3 aliphatic rings. The lowest BCUT2D eigenvalue weighted by molar-refractivity contribution is -0.112. The standard InChI is InChI=1S/C20H21N7O4S/c1-11(3-5-21)23-17-26-27-18(32-17)24-15(28)13-7-12(14(30-2)16(29)31-13)25-20-8-19(9-20,10-20)4-6-22/h3,5,7,25H,4,8-10,21H2,1-2H3,(H,24,27,28)/b5-3-,23-11+. The van der Waals surface area contributed by atoms with E-state index >= 15 is 0 Å². The molecule has 0 spiro atoms. The number of aromatic nitrogens is 2. The monoisotopic (exact) mass is 455 g/mol. The van der Waals surface area contributed by atoms with Gasteiger partial charge in [-0.05, 0) is 43.9 Å². The third kappa shape index (κ3) is 3.94. The van der Waals surface area contributed by atoms with E-state index < -0.39 is 11.5 Å². The van der Waals surface area contributed by atoms with Gasteiger partial charge in [-0.2, -0.15) is 5.26 Å². The number of amides is 1. The molecular formula is C20H21N7O4S. The fraction of sp³-hybridized carbons (Fsp3) is 0.400. The summed E-state index contributed by atoms with van der Waals surface area (Å²) in [6.45, 7) is 1.75. The maximum Gasteiger partial charge on any atom is 0.381 e. The van der Waals surface area contributed by atoms with Gasteiger partial charge in [-0.15, -0.1) is 10.2 Å². The fourth-order valence-electron chi connectivity index (χ4n) is 4.45. The van der Waals surface area contributed by atoms with Crippen LogP contribution in [0.3, 0.4) is 0 Å². The van der Waals surface area contributed by atoms with Crippen molar-refractivity contribution in [1.82, 2.24) is 10.2 Å². The largest absolute Gasteiger partial charge is 0.488 e. The van der Waals surface area contributed by atoms with Crippen molar-refractivity contribution in [2.75, 3.05) is 17.7 Å². The highest BCUT2D eigenvalue weighted by Crippen LogP contribution is 2.70. The van der Waals surface area contributed by atoms with Crippen LogP contribution in [0.25, 0.3) is 0 Å². The Hall–Kier alpha value is -3.72. The number of aliphatic imine (C=N–C) groups is 1. The van der Waals surface area contributed by atoms with Crippen LogP contribution in [0.2, 0.25) is 0 Å². The molecule has 4 N–H and O–H groups in total. The van der Waals surface area contributed by atoms with Crippen LogP contribution in [0, 0.1) is 16.7 Å². The van der Waals surface area contributed by atoms with Crippen LogP contribution in [0.5, 0.6) is 5.75 Å². The molecule has 2 aromatic rings. The van der Waals surface area contributed by atoms with Crippen molar-refractivity contribution in [3.8, 4) is 11.8 Å². The highest BCUT2D eigenvalue weighted by Gasteiger charge is 2.67. The number of carbonyl (C=O) groups is 1. The molecule has 11 nitrogen and oxygen atoms in total. The van der Waals surface area contributed by atoms with Crippen LogP contribution in [0.1, 0.15) is 43.2 Å². The van der Waals surface area contributed by atoms with E-state index in [2.05, 4.69) is 31.9 Å². The van der Waals surface area contributed by atoms with Crippen LogP contribution < -0.4 is 26.7 Å². The molecule has 3 fully saturated rings. The minimum Gasteiger partial charge on any atom is -0.488 e. The van der Waals surface area contributed by atoms with E-state index in [1.165, 1.54) is 19.4 Å². The molecule has 0 atom stereocenters. The summed E-state index contributed by atoms with van der Waals surface area (Å²) in [5, 5.41) is 23.1. The van der Waals surface area contributed by atoms with Crippen molar-refractivity contribution in [2.45, 2.75) is 38.1 Å². The second-order valence-corrected chi connectivity index (χ2v) is 9.03. The number of hydrogen-bond acceptors (Lipinski definition) is 11. The molecule has 0 aromatic carbocycles. The number of nitrogens with zero attached hydrogens (tertiary/aromatic N) is 4. The predicted molar refractivity (Wildman–Crippen MR) is 118 cm³/mol. The molecule has 0 saturated heterocycles. The summed E-state index contributed by atoms with van der Waals surface area (Å²) >= 11 is 1.06. The highest BCUT2D eigenvalue weighted by atomic mass is 32.1. The van der Waals surface area contributed by atoms with Gasteiger partial charge in [0.05, 0.1) is 18.9 Å². The highest BCUT2D eigenvalue weighted by molar-refractivity contribution is 7.18. The van der Waals surface area contributed by atoms with E-state index in [-0.39, 0.29) is 27.6 Å². The molecule has 166 valence electrons. The van der Waals surface area contributed by atoms with Gasteiger partial charge in [0, 0.05) is 23.7 Å². The van der Waals surface area contributed by atoms with Crippen LogP contribution in [0.15, 0.2) is 32.5 Å². The number of nitriles is 1. The zero-order valence-electron chi connectivity index (χ0n) is 17.5. The van der Waals surface area contributed by atoms with Crippen LogP contribution >= 0.6 is 11.3 Å². The smallest absolute Gasteiger partial charge is 0.381 e. The Morgan fingerprint density at radius 2 is 2.22 bits per heavy atom. The topological polar surface area (TPSA) is 169 Å². The van der Waals surface area contributed by atoms with E-state index in [9.17, 15) is 9.59 Å². The lowest BCUT2D eigenvalue weighted by atomic mass is 9.38. The van der Waals surface area contributed by atoms with Gasteiger partial charge in [0.1, 0.15) is 0 Å². The second kappa shape index (κ2) is 8.08. The van der Waals surface area contributed by atoms with Gasteiger partial charge in [0.15, 0.2) is 5.76 Å². The van der Waals surface area contributed by atoms with Crippen molar-refractivity contribution >= 4 is 38.9 Å². The van der Waals surface area contributed by atoms with E-state index in [1.54, 1.807) is 13.0 Å². The van der Waals surface area contributed by atoms with Gasteiger partial charge >= 0.3 is 5.63 Å². The summed E-state index contributed by atoms with van der Waals surface area (Å²) in [7, 11) is 1.36. The minimum absolute atomic E-state index is 0.00317. The average molecular weight is 456 g/mol. The molecule has 0 aliphatic heterocycles. The van der Waals surface area contributed by atoms with Gasteiger partial charge in [-0.3, -0.25) is 10.1 Å².